The topological polar surface area (TPSA) is 17.1 Å². The molecule has 0 heterocycles. The van der Waals surface area contributed by atoms with Crippen molar-refractivity contribution in [2.24, 2.45) is 0 Å². The Kier molecular flexibility index (Phi) is 3.35. The summed E-state index contributed by atoms with van der Waals surface area (Å²) < 4.78 is 26.7. The van der Waals surface area contributed by atoms with Crippen LogP contribution in [0.5, 0.6) is 0 Å². The lowest BCUT2D eigenvalue weighted by Crippen LogP contribution is -2.05. The molecule has 0 saturated heterocycles. The van der Waals surface area contributed by atoms with Crippen LogP contribution in [0.1, 0.15) is 29.8 Å². The van der Waals surface area contributed by atoms with Gasteiger partial charge in [0, 0.05) is 0 Å². The highest BCUT2D eigenvalue weighted by molar-refractivity contribution is 6.05. The Morgan fingerprint density at radius 3 is 2.40 bits per heavy atom. The van der Waals surface area contributed by atoms with Gasteiger partial charge in [-0.3, -0.25) is 4.79 Å². The number of ketones is 1. The Morgan fingerprint density at radius 2 is 1.87 bits per heavy atom. The Hall–Kier alpha value is -1.51. The zero-order valence-corrected chi connectivity index (χ0v) is 8.90. The van der Waals surface area contributed by atoms with Gasteiger partial charge in [0.15, 0.2) is 5.78 Å². The summed E-state index contributed by atoms with van der Waals surface area (Å²) in [7, 11) is 0. The first-order valence-electron chi connectivity index (χ1n) is 4.57. The number of halogens is 2. The van der Waals surface area contributed by atoms with Gasteiger partial charge in [0.05, 0.1) is 5.56 Å². The standard InChI is InChI=1S/C12H12F2O/c1-7(2)6-10(15)11-9(13)5-4-8(3)12(11)14/h4-6H,1-3H3. The van der Waals surface area contributed by atoms with E-state index < -0.39 is 23.0 Å². The normalized spacial score (nSPS) is 9.93. The summed E-state index contributed by atoms with van der Waals surface area (Å²) in [6.07, 6.45) is 1.22. The molecular weight excluding hydrogens is 198 g/mol. The Labute approximate surface area is 87.4 Å². The molecule has 80 valence electrons. The first-order chi connectivity index (χ1) is 6.93. The van der Waals surface area contributed by atoms with Gasteiger partial charge in [0.2, 0.25) is 0 Å². The van der Waals surface area contributed by atoms with Gasteiger partial charge in [-0.05, 0) is 38.5 Å². The highest BCUT2D eigenvalue weighted by Gasteiger charge is 2.16. The van der Waals surface area contributed by atoms with E-state index in [1.165, 1.54) is 19.1 Å². The molecule has 15 heavy (non-hydrogen) atoms. The van der Waals surface area contributed by atoms with Crippen molar-refractivity contribution in [3.8, 4) is 0 Å². The van der Waals surface area contributed by atoms with Gasteiger partial charge in [0.25, 0.3) is 0 Å². The van der Waals surface area contributed by atoms with Crippen LogP contribution in [0.4, 0.5) is 8.78 Å². The van der Waals surface area contributed by atoms with Gasteiger partial charge in [-0.2, -0.15) is 0 Å². The molecule has 0 aliphatic heterocycles. The third-order valence-corrected chi connectivity index (χ3v) is 1.95. The first kappa shape index (κ1) is 11.6. The van der Waals surface area contributed by atoms with Crippen LogP contribution in [0.3, 0.4) is 0 Å². The number of allylic oxidation sites excluding steroid dienone is 2. The molecule has 0 saturated carbocycles. The Balaban J connectivity index is 3.31. The zero-order valence-electron chi connectivity index (χ0n) is 8.90. The molecule has 0 radical (unpaired) electrons. The molecule has 0 fully saturated rings. The molecule has 3 heteroatoms. The summed E-state index contributed by atoms with van der Waals surface area (Å²) in [5, 5.41) is 0. The molecule has 0 bridgehead atoms. The van der Waals surface area contributed by atoms with E-state index >= 15 is 0 Å². The van der Waals surface area contributed by atoms with Crippen LogP contribution in [0, 0.1) is 18.6 Å². The highest BCUT2D eigenvalue weighted by Crippen LogP contribution is 2.17. The lowest BCUT2D eigenvalue weighted by atomic mass is 10.0. The number of benzene rings is 1. The predicted octanol–water partition coefficient (Wildman–Crippen LogP) is 3.42. The molecule has 1 nitrogen and oxygen atoms in total. The van der Waals surface area contributed by atoms with Gasteiger partial charge in [0.1, 0.15) is 11.6 Å². The van der Waals surface area contributed by atoms with E-state index in [1.54, 1.807) is 13.8 Å². The SMILES string of the molecule is CC(C)=CC(=O)c1c(F)ccc(C)c1F. The summed E-state index contributed by atoms with van der Waals surface area (Å²) in [6, 6.07) is 2.41. The maximum atomic E-state index is 13.5. The molecule has 0 aromatic heterocycles. The van der Waals surface area contributed by atoms with Crippen LogP contribution in [0.2, 0.25) is 0 Å². The van der Waals surface area contributed by atoms with Crippen LogP contribution in [-0.4, -0.2) is 5.78 Å². The lowest BCUT2D eigenvalue weighted by Gasteiger charge is -2.03. The van der Waals surface area contributed by atoms with Crippen molar-refractivity contribution >= 4 is 5.78 Å². The van der Waals surface area contributed by atoms with Gasteiger partial charge in [-0.15, -0.1) is 0 Å². The van der Waals surface area contributed by atoms with Crippen molar-refractivity contribution < 1.29 is 13.6 Å². The van der Waals surface area contributed by atoms with E-state index in [9.17, 15) is 13.6 Å². The first-order valence-corrected chi connectivity index (χ1v) is 4.57. The van der Waals surface area contributed by atoms with Crippen LogP contribution < -0.4 is 0 Å². The van der Waals surface area contributed by atoms with E-state index in [-0.39, 0.29) is 5.56 Å². The number of carbonyl (C=O) groups excluding carboxylic acids is 1. The molecule has 0 atom stereocenters. The van der Waals surface area contributed by atoms with E-state index in [2.05, 4.69) is 0 Å². The Morgan fingerprint density at radius 1 is 1.27 bits per heavy atom. The monoisotopic (exact) mass is 210 g/mol. The molecule has 0 spiro atoms. The minimum Gasteiger partial charge on any atom is -0.289 e. The van der Waals surface area contributed by atoms with Crippen LogP contribution in [-0.2, 0) is 0 Å². The second-order valence-electron chi connectivity index (χ2n) is 3.64. The maximum absolute atomic E-state index is 13.5. The van der Waals surface area contributed by atoms with E-state index in [0.29, 0.717) is 5.57 Å². The van der Waals surface area contributed by atoms with Crippen molar-refractivity contribution in [1.82, 2.24) is 0 Å². The van der Waals surface area contributed by atoms with Crippen molar-refractivity contribution in [3.05, 3.63) is 46.5 Å². The van der Waals surface area contributed by atoms with Crippen molar-refractivity contribution in [1.29, 1.82) is 0 Å². The molecule has 1 rings (SSSR count). The summed E-state index contributed by atoms with van der Waals surface area (Å²) in [6.45, 7) is 4.89. The van der Waals surface area contributed by atoms with Gasteiger partial charge < -0.3 is 0 Å². The highest BCUT2D eigenvalue weighted by atomic mass is 19.1. The predicted molar refractivity (Wildman–Crippen MR) is 54.9 cm³/mol. The number of hydrogen-bond donors (Lipinski definition) is 0. The second-order valence-corrected chi connectivity index (χ2v) is 3.64. The summed E-state index contributed by atoms with van der Waals surface area (Å²) >= 11 is 0. The maximum Gasteiger partial charge on any atom is 0.191 e. The molecule has 1 aromatic rings. The molecule has 0 aliphatic rings. The van der Waals surface area contributed by atoms with Crippen molar-refractivity contribution in [2.45, 2.75) is 20.8 Å². The molecular formula is C12H12F2O. The Bertz CT molecular complexity index is 429. The molecule has 0 unspecified atom stereocenters. The fraction of sp³-hybridized carbons (Fsp3) is 0.250. The molecule has 0 amide bonds. The minimum absolute atomic E-state index is 0.266. The third-order valence-electron chi connectivity index (χ3n) is 1.95. The fourth-order valence-corrected chi connectivity index (χ4v) is 1.22. The van der Waals surface area contributed by atoms with Gasteiger partial charge in [-0.25, -0.2) is 8.78 Å². The third kappa shape index (κ3) is 2.49. The van der Waals surface area contributed by atoms with Crippen LogP contribution >= 0.6 is 0 Å². The van der Waals surface area contributed by atoms with Gasteiger partial charge in [-0.1, -0.05) is 11.6 Å². The number of rotatable bonds is 2. The molecule has 0 aliphatic carbocycles. The van der Waals surface area contributed by atoms with Crippen LogP contribution in [0.25, 0.3) is 0 Å². The van der Waals surface area contributed by atoms with E-state index in [0.717, 1.165) is 6.07 Å². The largest absolute Gasteiger partial charge is 0.289 e. The summed E-state index contributed by atoms with van der Waals surface area (Å²) in [5.41, 5.74) is 0.499. The van der Waals surface area contributed by atoms with Crippen molar-refractivity contribution in [2.75, 3.05) is 0 Å². The average Bonchev–Trinajstić information content (AvgIpc) is 2.11. The summed E-state index contributed by atoms with van der Waals surface area (Å²) in [5.74, 6) is -2.23. The number of hydrogen-bond acceptors (Lipinski definition) is 1. The molecule has 0 N–H and O–H groups in total. The van der Waals surface area contributed by atoms with E-state index in [4.69, 9.17) is 0 Å². The fourth-order valence-electron chi connectivity index (χ4n) is 1.22. The average molecular weight is 210 g/mol. The minimum atomic E-state index is -0.819. The van der Waals surface area contributed by atoms with E-state index in [1.807, 2.05) is 0 Å². The van der Waals surface area contributed by atoms with Gasteiger partial charge >= 0.3 is 0 Å². The van der Waals surface area contributed by atoms with Crippen LogP contribution in [0.15, 0.2) is 23.8 Å². The summed E-state index contributed by atoms with van der Waals surface area (Å²) in [4.78, 5) is 11.5. The zero-order chi connectivity index (χ0) is 11.6. The quantitative estimate of drug-likeness (QED) is 0.540. The van der Waals surface area contributed by atoms with Crippen molar-refractivity contribution in [3.63, 3.8) is 0 Å². The smallest absolute Gasteiger partial charge is 0.191 e. The number of carbonyl (C=O) groups is 1. The molecule has 1 aromatic carbocycles. The number of aryl methyl sites for hydroxylation is 1. The second kappa shape index (κ2) is 4.34. The lowest BCUT2D eigenvalue weighted by molar-refractivity contribution is 0.103.